The summed E-state index contributed by atoms with van der Waals surface area (Å²) in [5.74, 6) is 0. The summed E-state index contributed by atoms with van der Waals surface area (Å²) in [6, 6.07) is 8.26. The zero-order chi connectivity index (χ0) is 10.7. The van der Waals surface area contributed by atoms with Crippen LogP contribution in [0.25, 0.3) is 5.69 Å². The molecule has 1 N–H and O–H groups in total. The van der Waals surface area contributed by atoms with Crippen molar-refractivity contribution in [3.63, 3.8) is 0 Å². The Morgan fingerprint density at radius 3 is 2.47 bits per heavy atom. The molecule has 0 spiro atoms. The van der Waals surface area contributed by atoms with Gasteiger partial charge in [-0.3, -0.25) is 0 Å². The number of aromatic nitrogens is 2. The number of aryl methyl sites for hydroxylation is 1. The molecule has 0 saturated heterocycles. The summed E-state index contributed by atoms with van der Waals surface area (Å²) in [5.41, 5.74) is 3.16. The molecule has 0 aliphatic rings. The predicted octanol–water partition coefficient (Wildman–Crippen LogP) is 1.93. The van der Waals surface area contributed by atoms with Crippen LogP contribution in [0.15, 0.2) is 36.7 Å². The molecule has 0 fully saturated rings. The third-order valence-corrected chi connectivity index (χ3v) is 2.43. The lowest BCUT2D eigenvalue weighted by Crippen LogP contribution is -1.94. The molecule has 0 radical (unpaired) electrons. The maximum absolute atomic E-state index is 8.93. The van der Waals surface area contributed by atoms with E-state index in [1.54, 1.807) is 10.9 Å². The molecule has 3 nitrogen and oxygen atoms in total. The Hall–Kier alpha value is -1.61. The summed E-state index contributed by atoms with van der Waals surface area (Å²) in [6.45, 7) is 2.17. The molecule has 2 rings (SSSR count). The Balaban J connectivity index is 2.28. The topological polar surface area (TPSA) is 38.0 Å². The molecular formula is C12H14N2O. The molecule has 2 aromatic rings. The Kier molecular flexibility index (Phi) is 2.83. The van der Waals surface area contributed by atoms with Gasteiger partial charge in [0.15, 0.2) is 0 Å². The maximum Gasteiger partial charge on any atom is 0.0712 e. The van der Waals surface area contributed by atoms with Crippen LogP contribution >= 0.6 is 0 Å². The van der Waals surface area contributed by atoms with E-state index in [1.165, 1.54) is 5.56 Å². The highest BCUT2D eigenvalue weighted by molar-refractivity contribution is 5.34. The van der Waals surface area contributed by atoms with Gasteiger partial charge in [-0.15, -0.1) is 0 Å². The van der Waals surface area contributed by atoms with E-state index in [0.717, 1.165) is 17.7 Å². The predicted molar refractivity (Wildman–Crippen MR) is 58.9 cm³/mol. The zero-order valence-electron chi connectivity index (χ0n) is 8.72. The van der Waals surface area contributed by atoms with Crippen molar-refractivity contribution in [1.82, 2.24) is 9.78 Å². The number of hydrogen-bond acceptors (Lipinski definition) is 2. The molecule has 1 aromatic carbocycles. The highest BCUT2D eigenvalue weighted by atomic mass is 16.3. The van der Waals surface area contributed by atoms with Crippen molar-refractivity contribution < 1.29 is 5.11 Å². The van der Waals surface area contributed by atoms with Crippen LogP contribution in [0.3, 0.4) is 0 Å². The van der Waals surface area contributed by atoms with E-state index in [-0.39, 0.29) is 6.61 Å². The first-order valence-corrected chi connectivity index (χ1v) is 5.07. The van der Waals surface area contributed by atoms with Gasteiger partial charge < -0.3 is 5.11 Å². The normalized spacial score (nSPS) is 10.5. The summed E-state index contributed by atoms with van der Waals surface area (Å²) in [6.07, 6.45) is 4.55. The van der Waals surface area contributed by atoms with Crippen LogP contribution < -0.4 is 0 Å². The first-order valence-electron chi connectivity index (χ1n) is 5.07. The van der Waals surface area contributed by atoms with Gasteiger partial charge in [0.05, 0.1) is 18.5 Å². The van der Waals surface area contributed by atoms with Gasteiger partial charge in [0, 0.05) is 11.8 Å². The van der Waals surface area contributed by atoms with Crippen molar-refractivity contribution in [1.29, 1.82) is 0 Å². The second-order valence-electron chi connectivity index (χ2n) is 3.47. The summed E-state index contributed by atoms with van der Waals surface area (Å²) < 4.78 is 1.77. The van der Waals surface area contributed by atoms with Crippen LogP contribution in [0, 0.1) is 0 Å². The minimum atomic E-state index is 0.0348. The number of aliphatic hydroxyl groups excluding tert-OH is 1. The van der Waals surface area contributed by atoms with Crippen LogP contribution in [0.4, 0.5) is 0 Å². The van der Waals surface area contributed by atoms with Crippen molar-refractivity contribution in [2.45, 2.75) is 20.0 Å². The first kappa shape index (κ1) is 9.93. The molecule has 0 bridgehead atoms. The van der Waals surface area contributed by atoms with E-state index in [2.05, 4.69) is 24.2 Å². The first-order chi connectivity index (χ1) is 7.33. The van der Waals surface area contributed by atoms with Crippen LogP contribution in [0.2, 0.25) is 0 Å². The average molecular weight is 202 g/mol. The van der Waals surface area contributed by atoms with E-state index in [0.29, 0.717) is 0 Å². The number of benzene rings is 1. The fourth-order valence-corrected chi connectivity index (χ4v) is 1.47. The van der Waals surface area contributed by atoms with E-state index < -0.39 is 0 Å². The molecule has 1 aromatic heterocycles. The van der Waals surface area contributed by atoms with Crippen LogP contribution in [-0.4, -0.2) is 14.9 Å². The fourth-order valence-electron chi connectivity index (χ4n) is 1.47. The van der Waals surface area contributed by atoms with E-state index in [9.17, 15) is 0 Å². The van der Waals surface area contributed by atoms with Crippen molar-refractivity contribution in [3.8, 4) is 5.69 Å². The largest absolute Gasteiger partial charge is 0.392 e. The molecule has 15 heavy (non-hydrogen) atoms. The van der Waals surface area contributed by atoms with Crippen molar-refractivity contribution in [2.75, 3.05) is 0 Å². The lowest BCUT2D eigenvalue weighted by molar-refractivity contribution is 0.282. The molecule has 0 saturated carbocycles. The lowest BCUT2D eigenvalue weighted by atomic mass is 10.1. The van der Waals surface area contributed by atoms with Crippen LogP contribution in [0.5, 0.6) is 0 Å². The molecule has 0 aliphatic heterocycles. The molecule has 0 aliphatic carbocycles. The standard InChI is InChI=1S/C12H14N2O/c1-2-10-3-5-12(6-4-10)14-8-11(9-15)7-13-14/h3-8,15H,2,9H2,1H3. The van der Waals surface area contributed by atoms with Gasteiger partial charge in [0.25, 0.3) is 0 Å². The minimum absolute atomic E-state index is 0.0348. The quantitative estimate of drug-likeness (QED) is 0.825. The van der Waals surface area contributed by atoms with Crippen molar-refractivity contribution in [2.24, 2.45) is 0 Å². The summed E-state index contributed by atoms with van der Waals surface area (Å²) in [5, 5.41) is 13.1. The average Bonchev–Trinajstić information content (AvgIpc) is 2.78. The molecule has 0 amide bonds. The monoisotopic (exact) mass is 202 g/mol. The Morgan fingerprint density at radius 1 is 1.20 bits per heavy atom. The smallest absolute Gasteiger partial charge is 0.0712 e. The summed E-state index contributed by atoms with van der Waals surface area (Å²) >= 11 is 0. The number of aliphatic hydroxyl groups is 1. The molecule has 1 heterocycles. The van der Waals surface area contributed by atoms with Crippen molar-refractivity contribution in [3.05, 3.63) is 47.8 Å². The van der Waals surface area contributed by atoms with Gasteiger partial charge in [-0.1, -0.05) is 19.1 Å². The van der Waals surface area contributed by atoms with E-state index in [1.807, 2.05) is 18.3 Å². The zero-order valence-corrected chi connectivity index (χ0v) is 8.72. The van der Waals surface area contributed by atoms with Crippen LogP contribution in [0.1, 0.15) is 18.1 Å². The van der Waals surface area contributed by atoms with Gasteiger partial charge in [-0.05, 0) is 24.1 Å². The summed E-state index contributed by atoms with van der Waals surface area (Å²) in [4.78, 5) is 0. The minimum Gasteiger partial charge on any atom is -0.392 e. The molecule has 0 atom stereocenters. The SMILES string of the molecule is CCc1ccc(-n2cc(CO)cn2)cc1. The van der Waals surface area contributed by atoms with Gasteiger partial charge in [0.1, 0.15) is 0 Å². The molecule has 78 valence electrons. The second-order valence-corrected chi connectivity index (χ2v) is 3.47. The van der Waals surface area contributed by atoms with Gasteiger partial charge >= 0.3 is 0 Å². The van der Waals surface area contributed by atoms with Gasteiger partial charge in [0.2, 0.25) is 0 Å². The maximum atomic E-state index is 8.93. The Bertz CT molecular complexity index is 431. The Labute approximate surface area is 89.0 Å². The third kappa shape index (κ3) is 2.07. The van der Waals surface area contributed by atoms with Gasteiger partial charge in [-0.2, -0.15) is 5.10 Å². The van der Waals surface area contributed by atoms with Gasteiger partial charge in [-0.25, -0.2) is 4.68 Å². The van der Waals surface area contributed by atoms with E-state index in [4.69, 9.17) is 5.11 Å². The van der Waals surface area contributed by atoms with Crippen molar-refractivity contribution >= 4 is 0 Å². The summed E-state index contributed by atoms with van der Waals surface area (Å²) in [7, 11) is 0. The van der Waals surface area contributed by atoms with Crippen LogP contribution in [-0.2, 0) is 13.0 Å². The Morgan fingerprint density at radius 2 is 1.93 bits per heavy atom. The third-order valence-electron chi connectivity index (χ3n) is 2.43. The number of nitrogens with zero attached hydrogens (tertiary/aromatic N) is 2. The molecule has 0 unspecified atom stereocenters. The highest BCUT2D eigenvalue weighted by Crippen LogP contribution is 2.10. The second kappa shape index (κ2) is 4.28. The number of rotatable bonds is 3. The fraction of sp³-hybridized carbons (Fsp3) is 0.250. The number of hydrogen-bond donors (Lipinski definition) is 1. The molecular weight excluding hydrogens is 188 g/mol. The molecule has 3 heteroatoms. The van der Waals surface area contributed by atoms with E-state index >= 15 is 0 Å². The highest BCUT2D eigenvalue weighted by Gasteiger charge is 1.99. The lowest BCUT2D eigenvalue weighted by Gasteiger charge is -2.02.